The van der Waals surface area contributed by atoms with Gasteiger partial charge >= 0.3 is 0 Å². The number of amides is 1. The number of nitrogens with zero attached hydrogens (tertiary/aromatic N) is 3. The lowest BCUT2D eigenvalue weighted by Gasteiger charge is -2.35. The van der Waals surface area contributed by atoms with E-state index in [4.69, 9.17) is 9.26 Å². The number of nitrogens with one attached hydrogen (secondary N) is 1. The Bertz CT molecular complexity index is 1000. The van der Waals surface area contributed by atoms with Gasteiger partial charge in [0.2, 0.25) is 5.76 Å². The summed E-state index contributed by atoms with van der Waals surface area (Å²) in [6.45, 7) is 6.21. The highest BCUT2D eigenvalue weighted by atomic mass is 16.5. The SMILES string of the molecule is COc1ccc(-n2ncc3c2CC(C)(C)CC3NC(=O)c2cc(C)no2)cc1. The van der Waals surface area contributed by atoms with Crippen LogP contribution in [0.1, 0.15) is 53.8 Å². The van der Waals surface area contributed by atoms with Crippen molar-refractivity contribution in [1.29, 1.82) is 0 Å². The molecule has 0 saturated carbocycles. The lowest BCUT2D eigenvalue weighted by molar-refractivity contribution is 0.0881. The molecule has 1 aromatic carbocycles. The zero-order valence-corrected chi connectivity index (χ0v) is 16.5. The third kappa shape index (κ3) is 3.40. The molecule has 1 amide bonds. The highest BCUT2D eigenvalue weighted by Crippen LogP contribution is 2.41. The van der Waals surface area contributed by atoms with Gasteiger partial charge in [-0.05, 0) is 49.4 Å². The van der Waals surface area contributed by atoms with Crippen LogP contribution < -0.4 is 10.1 Å². The molecular weight excluding hydrogens is 356 g/mol. The molecular formula is C21H24N4O3. The first-order valence-electron chi connectivity index (χ1n) is 9.32. The van der Waals surface area contributed by atoms with E-state index in [1.165, 1.54) is 0 Å². The smallest absolute Gasteiger partial charge is 0.290 e. The number of aromatic nitrogens is 3. The van der Waals surface area contributed by atoms with Crippen molar-refractivity contribution in [3.05, 3.63) is 59.2 Å². The Morgan fingerprint density at radius 3 is 2.71 bits per heavy atom. The Labute approximate surface area is 163 Å². The van der Waals surface area contributed by atoms with Crippen LogP contribution in [0.15, 0.2) is 41.1 Å². The second-order valence-corrected chi connectivity index (χ2v) is 8.06. The maximum absolute atomic E-state index is 12.6. The fourth-order valence-corrected chi connectivity index (χ4v) is 3.82. The summed E-state index contributed by atoms with van der Waals surface area (Å²) in [5, 5.41) is 11.5. The van der Waals surface area contributed by atoms with Crippen molar-refractivity contribution in [2.75, 3.05) is 7.11 Å². The summed E-state index contributed by atoms with van der Waals surface area (Å²) in [6.07, 6.45) is 3.56. The third-order valence-electron chi connectivity index (χ3n) is 5.15. The van der Waals surface area contributed by atoms with Gasteiger partial charge < -0.3 is 14.6 Å². The van der Waals surface area contributed by atoms with Crippen LogP contribution in [0.4, 0.5) is 0 Å². The van der Waals surface area contributed by atoms with Crippen LogP contribution in [-0.2, 0) is 6.42 Å². The number of aryl methyl sites for hydroxylation is 1. The molecule has 4 rings (SSSR count). The number of methoxy groups -OCH3 is 1. The van der Waals surface area contributed by atoms with Gasteiger partial charge in [0, 0.05) is 11.6 Å². The molecule has 1 aliphatic carbocycles. The summed E-state index contributed by atoms with van der Waals surface area (Å²) in [7, 11) is 1.65. The van der Waals surface area contributed by atoms with Crippen molar-refractivity contribution < 1.29 is 14.1 Å². The van der Waals surface area contributed by atoms with Gasteiger partial charge in [-0.25, -0.2) is 4.68 Å². The molecule has 146 valence electrons. The summed E-state index contributed by atoms with van der Waals surface area (Å²) < 4.78 is 12.3. The minimum atomic E-state index is -0.258. The fraction of sp³-hybridized carbons (Fsp3) is 0.381. The molecule has 2 heterocycles. The van der Waals surface area contributed by atoms with Crippen molar-refractivity contribution in [2.45, 2.75) is 39.7 Å². The predicted octanol–water partition coefficient (Wildman–Crippen LogP) is 3.62. The maximum Gasteiger partial charge on any atom is 0.290 e. The standard InChI is InChI=1S/C21H24N4O3/c1-13-9-19(28-24-13)20(26)23-17-10-21(2,3)11-18-16(17)12-22-25(18)14-5-7-15(27-4)8-6-14/h5-9,12,17H,10-11H2,1-4H3,(H,23,26). The van der Waals surface area contributed by atoms with Crippen molar-refractivity contribution in [1.82, 2.24) is 20.3 Å². The minimum absolute atomic E-state index is 0.0204. The Kier molecular flexibility index (Phi) is 4.45. The van der Waals surface area contributed by atoms with Crippen molar-refractivity contribution >= 4 is 5.91 Å². The van der Waals surface area contributed by atoms with Crippen LogP contribution in [0, 0.1) is 12.3 Å². The highest BCUT2D eigenvalue weighted by molar-refractivity contribution is 5.91. The maximum atomic E-state index is 12.6. The first-order chi connectivity index (χ1) is 13.4. The number of hydrogen-bond donors (Lipinski definition) is 1. The predicted molar refractivity (Wildman–Crippen MR) is 104 cm³/mol. The number of rotatable bonds is 4. The molecule has 0 spiro atoms. The van der Waals surface area contributed by atoms with Crippen LogP contribution in [-0.4, -0.2) is 28.0 Å². The number of hydrogen-bond acceptors (Lipinski definition) is 5. The largest absolute Gasteiger partial charge is 0.497 e. The van der Waals surface area contributed by atoms with Crippen molar-refractivity contribution in [3.8, 4) is 11.4 Å². The zero-order valence-electron chi connectivity index (χ0n) is 16.5. The molecule has 0 saturated heterocycles. The number of carbonyl (C=O) groups is 1. The van der Waals surface area contributed by atoms with E-state index in [1.54, 1.807) is 20.1 Å². The van der Waals surface area contributed by atoms with Gasteiger partial charge in [-0.3, -0.25) is 4.79 Å². The third-order valence-corrected chi connectivity index (χ3v) is 5.15. The number of fused-ring (bicyclic) bond motifs is 1. The summed E-state index contributed by atoms with van der Waals surface area (Å²) >= 11 is 0. The van der Waals surface area contributed by atoms with Crippen molar-refractivity contribution in [2.24, 2.45) is 5.41 Å². The van der Waals surface area contributed by atoms with Crippen molar-refractivity contribution in [3.63, 3.8) is 0 Å². The van der Waals surface area contributed by atoms with Crippen LogP contribution in [0.25, 0.3) is 5.69 Å². The van der Waals surface area contributed by atoms with Gasteiger partial charge in [0.05, 0.1) is 36.4 Å². The molecule has 1 N–H and O–H groups in total. The molecule has 3 aromatic rings. The molecule has 0 bridgehead atoms. The average Bonchev–Trinajstić information content (AvgIpc) is 3.27. The number of benzene rings is 1. The second kappa shape index (κ2) is 6.82. The van der Waals surface area contributed by atoms with E-state index in [0.717, 1.165) is 35.5 Å². The Morgan fingerprint density at radius 1 is 1.32 bits per heavy atom. The Balaban J connectivity index is 1.66. The monoisotopic (exact) mass is 380 g/mol. The first-order valence-corrected chi connectivity index (χ1v) is 9.32. The topological polar surface area (TPSA) is 82.2 Å². The van der Waals surface area contributed by atoms with Crippen LogP contribution in [0.2, 0.25) is 0 Å². The van der Waals surface area contributed by atoms with E-state index in [0.29, 0.717) is 5.69 Å². The van der Waals surface area contributed by atoms with Crippen LogP contribution >= 0.6 is 0 Å². The van der Waals surface area contributed by atoms with Gasteiger partial charge in [-0.1, -0.05) is 19.0 Å². The van der Waals surface area contributed by atoms with E-state index in [1.807, 2.05) is 35.1 Å². The Morgan fingerprint density at radius 2 is 2.07 bits per heavy atom. The normalized spacial score (nSPS) is 17.8. The molecule has 1 unspecified atom stereocenters. The van der Waals surface area contributed by atoms with Crippen LogP contribution in [0.3, 0.4) is 0 Å². The van der Waals surface area contributed by atoms with Gasteiger partial charge in [0.25, 0.3) is 5.91 Å². The first kappa shape index (κ1) is 18.3. The molecule has 0 fully saturated rings. The Hall–Kier alpha value is -3.09. The second-order valence-electron chi connectivity index (χ2n) is 8.06. The molecule has 7 heteroatoms. The summed E-state index contributed by atoms with van der Waals surface area (Å²) in [5.74, 6) is 0.772. The summed E-state index contributed by atoms with van der Waals surface area (Å²) in [6, 6.07) is 9.32. The van der Waals surface area contributed by atoms with Gasteiger partial charge in [0.1, 0.15) is 5.75 Å². The lowest BCUT2D eigenvalue weighted by Crippen LogP contribution is -2.36. The molecule has 1 aliphatic rings. The molecule has 0 aliphatic heterocycles. The van der Waals surface area contributed by atoms with E-state index in [9.17, 15) is 4.79 Å². The van der Waals surface area contributed by atoms with E-state index < -0.39 is 0 Å². The zero-order chi connectivity index (χ0) is 19.9. The average molecular weight is 380 g/mol. The number of ether oxygens (including phenoxy) is 1. The summed E-state index contributed by atoms with van der Waals surface area (Å²) in [4.78, 5) is 12.6. The minimum Gasteiger partial charge on any atom is -0.497 e. The molecule has 2 aromatic heterocycles. The molecule has 7 nitrogen and oxygen atoms in total. The van der Waals surface area contributed by atoms with E-state index in [2.05, 4.69) is 29.4 Å². The van der Waals surface area contributed by atoms with Crippen LogP contribution in [0.5, 0.6) is 5.75 Å². The summed E-state index contributed by atoms with van der Waals surface area (Å²) in [5.41, 5.74) is 3.82. The number of carbonyl (C=O) groups excluding carboxylic acids is 1. The lowest BCUT2D eigenvalue weighted by atomic mass is 9.74. The highest BCUT2D eigenvalue weighted by Gasteiger charge is 2.36. The quantitative estimate of drug-likeness (QED) is 0.747. The van der Waals surface area contributed by atoms with Gasteiger partial charge in [-0.2, -0.15) is 5.10 Å². The molecule has 0 radical (unpaired) electrons. The fourth-order valence-electron chi connectivity index (χ4n) is 3.82. The van der Waals surface area contributed by atoms with E-state index >= 15 is 0 Å². The van der Waals surface area contributed by atoms with E-state index in [-0.39, 0.29) is 23.1 Å². The van der Waals surface area contributed by atoms with Gasteiger partial charge in [0.15, 0.2) is 0 Å². The molecule has 28 heavy (non-hydrogen) atoms. The molecule has 1 atom stereocenters. The van der Waals surface area contributed by atoms with Gasteiger partial charge in [-0.15, -0.1) is 0 Å².